The van der Waals surface area contributed by atoms with E-state index in [1.54, 1.807) is 13.2 Å². The first-order valence-corrected chi connectivity index (χ1v) is 7.80. The zero-order valence-electron chi connectivity index (χ0n) is 10.8. The highest BCUT2D eigenvalue weighted by Crippen LogP contribution is 2.29. The molecule has 0 aliphatic heterocycles. The van der Waals surface area contributed by atoms with Crippen molar-refractivity contribution in [3.8, 4) is 5.75 Å². The summed E-state index contributed by atoms with van der Waals surface area (Å²) in [6, 6.07) is 3.57. The second-order valence-electron chi connectivity index (χ2n) is 4.05. The Bertz CT molecular complexity index is 514. The summed E-state index contributed by atoms with van der Waals surface area (Å²) in [5, 5.41) is 0. The molecule has 0 fully saturated rings. The lowest BCUT2D eigenvalue weighted by atomic mass is 10.1. The maximum Gasteiger partial charge on any atom is 0.232 e. The number of halogens is 1. The predicted molar refractivity (Wildman–Crippen MR) is 75.2 cm³/mol. The van der Waals surface area contributed by atoms with Gasteiger partial charge in [0.15, 0.2) is 0 Å². The molecule has 102 valence electrons. The van der Waals surface area contributed by atoms with Crippen molar-refractivity contribution in [2.45, 2.75) is 20.3 Å². The Balaban J connectivity index is 2.99. The average molecular weight is 292 g/mol. The van der Waals surface area contributed by atoms with E-state index in [1.807, 2.05) is 19.9 Å². The molecule has 1 aromatic rings. The molecule has 6 heteroatoms. The standard InChI is InChI=1S/C12H18ClNO3S/c1-9-5-6-11(10(2)12(9)17-3)14-18(15,16)8-4-7-13/h5-6,14H,4,7-8H2,1-3H3. The van der Waals surface area contributed by atoms with Gasteiger partial charge in [-0.05, 0) is 31.9 Å². The van der Waals surface area contributed by atoms with Crippen molar-refractivity contribution in [3.63, 3.8) is 0 Å². The van der Waals surface area contributed by atoms with Gasteiger partial charge in [0.1, 0.15) is 5.75 Å². The number of alkyl halides is 1. The number of hydrogen-bond donors (Lipinski definition) is 1. The van der Waals surface area contributed by atoms with Gasteiger partial charge in [-0.3, -0.25) is 4.72 Å². The van der Waals surface area contributed by atoms with Crippen LogP contribution in [0.5, 0.6) is 5.75 Å². The van der Waals surface area contributed by atoms with Crippen molar-refractivity contribution in [1.29, 1.82) is 0 Å². The second-order valence-corrected chi connectivity index (χ2v) is 6.27. The number of rotatable bonds is 6. The maximum absolute atomic E-state index is 11.8. The summed E-state index contributed by atoms with van der Waals surface area (Å²) in [6.45, 7) is 3.74. The molecule has 0 saturated heterocycles. The Morgan fingerprint density at radius 2 is 2.00 bits per heavy atom. The molecule has 0 heterocycles. The van der Waals surface area contributed by atoms with Gasteiger partial charge in [0.2, 0.25) is 10.0 Å². The molecule has 1 aromatic carbocycles. The van der Waals surface area contributed by atoms with Crippen LogP contribution in [0.15, 0.2) is 12.1 Å². The lowest BCUT2D eigenvalue weighted by molar-refractivity contribution is 0.409. The Morgan fingerprint density at radius 3 is 2.56 bits per heavy atom. The van der Waals surface area contributed by atoms with Gasteiger partial charge in [-0.1, -0.05) is 6.07 Å². The van der Waals surface area contributed by atoms with Crippen LogP contribution in [0.25, 0.3) is 0 Å². The number of hydrogen-bond acceptors (Lipinski definition) is 3. The van der Waals surface area contributed by atoms with Gasteiger partial charge in [0, 0.05) is 11.4 Å². The number of anilines is 1. The summed E-state index contributed by atoms with van der Waals surface area (Å²) in [5.41, 5.74) is 2.30. The molecular formula is C12H18ClNO3S. The van der Waals surface area contributed by atoms with Gasteiger partial charge in [-0.2, -0.15) is 0 Å². The van der Waals surface area contributed by atoms with Gasteiger partial charge < -0.3 is 4.74 Å². The van der Waals surface area contributed by atoms with Crippen LogP contribution in [0.4, 0.5) is 5.69 Å². The number of ether oxygens (including phenoxy) is 1. The molecule has 0 spiro atoms. The van der Waals surface area contributed by atoms with E-state index >= 15 is 0 Å². The highest BCUT2D eigenvalue weighted by molar-refractivity contribution is 7.92. The molecule has 0 aliphatic rings. The van der Waals surface area contributed by atoms with Crippen LogP contribution in [0.1, 0.15) is 17.5 Å². The average Bonchev–Trinajstić information content (AvgIpc) is 2.31. The Hall–Kier alpha value is -0.940. The van der Waals surface area contributed by atoms with Crippen LogP contribution >= 0.6 is 11.6 Å². The summed E-state index contributed by atoms with van der Waals surface area (Å²) < 4.78 is 31.4. The third-order valence-electron chi connectivity index (χ3n) is 2.62. The van der Waals surface area contributed by atoms with Gasteiger partial charge in [0.25, 0.3) is 0 Å². The zero-order valence-corrected chi connectivity index (χ0v) is 12.4. The smallest absolute Gasteiger partial charge is 0.232 e. The summed E-state index contributed by atoms with van der Waals surface area (Å²) in [5.74, 6) is 1.05. The van der Waals surface area contributed by atoms with Crippen molar-refractivity contribution in [2.75, 3.05) is 23.5 Å². The highest BCUT2D eigenvalue weighted by atomic mass is 35.5. The first kappa shape index (κ1) is 15.1. The topological polar surface area (TPSA) is 55.4 Å². The van der Waals surface area contributed by atoms with Gasteiger partial charge >= 0.3 is 0 Å². The number of sulfonamides is 1. The van der Waals surface area contributed by atoms with E-state index in [0.717, 1.165) is 11.1 Å². The minimum absolute atomic E-state index is 0.0200. The van der Waals surface area contributed by atoms with E-state index in [0.29, 0.717) is 23.7 Å². The molecular weight excluding hydrogens is 274 g/mol. The number of nitrogens with one attached hydrogen (secondary N) is 1. The Labute approximate surface area is 113 Å². The molecule has 4 nitrogen and oxygen atoms in total. The fourth-order valence-electron chi connectivity index (χ4n) is 1.71. The van der Waals surface area contributed by atoms with Crippen molar-refractivity contribution >= 4 is 27.3 Å². The minimum Gasteiger partial charge on any atom is -0.496 e. The zero-order chi connectivity index (χ0) is 13.8. The lowest BCUT2D eigenvalue weighted by Crippen LogP contribution is -2.17. The summed E-state index contributed by atoms with van der Waals surface area (Å²) >= 11 is 5.50. The van der Waals surface area contributed by atoms with Crippen LogP contribution in [-0.4, -0.2) is 27.2 Å². The van der Waals surface area contributed by atoms with Crippen molar-refractivity contribution in [1.82, 2.24) is 0 Å². The lowest BCUT2D eigenvalue weighted by Gasteiger charge is -2.14. The number of methoxy groups -OCH3 is 1. The molecule has 0 amide bonds. The van der Waals surface area contributed by atoms with E-state index in [1.165, 1.54) is 0 Å². The normalized spacial score (nSPS) is 11.3. The van der Waals surface area contributed by atoms with E-state index in [-0.39, 0.29) is 5.75 Å². The van der Waals surface area contributed by atoms with E-state index in [2.05, 4.69) is 4.72 Å². The van der Waals surface area contributed by atoms with Gasteiger partial charge in [-0.15, -0.1) is 11.6 Å². The van der Waals surface area contributed by atoms with Gasteiger partial charge in [-0.25, -0.2) is 8.42 Å². The van der Waals surface area contributed by atoms with Crippen LogP contribution in [0, 0.1) is 13.8 Å². The summed E-state index contributed by atoms with van der Waals surface area (Å²) in [4.78, 5) is 0. The Morgan fingerprint density at radius 1 is 1.33 bits per heavy atom. The molecule has 0 saturated carbocycles. The summed E-state index contributed by atoms with van der Waals surface area (Å²) in [6.07, 6.45) is 0.429. The van der Waals surface area contributed by atoms with Crippen LogP contribution in [-0.2, 0) is 10.0 Å². The maximum atomic E-state index is 11.8. The third kappa shape index (κ3) is 3.78. The molecule has 0 aromatic heterocycles. The second kappa shape index (κ2) is 6.29. The molecule has 0 atom stereocenters. The molecule has 1 rings (SSSR count). The highest BCUT2D eigenvalue weighted by Gasteiger charge is 2.14. The van der Waals surface area contributed by atoms with E-state index in [9.17, 15) is 8.42 Å². The molecule has 1 N–H and O–H groups in total. The molecule has 18 heavy (non-hydrogen) atoms. The van der Waals surface area contributed by atoms with Crippen molar-refractivity contribution in [2.24, 2.45) is 0 Å². The first-order chi connectivity index (χ1) is 8.41. The van der Waals surface area contributed by atoms with Crippen LogP contribution in [0.2, 0.25) is 0 Å². The summed E-state index contributed by atoms with van der Waals surface area (Å²) in [7, 11) is -1.78. The van der Waals surface area contributed by atoms with Crippen molar-refractivity contribution < 1.29 is 13.2 Å². The monoisotopic (exact) mass is 291 g/mol. The minimum atomic E-state index is -3.35. The molecule has 0 aliphatic carbocycles. The fraction of sp³-hybridized carbons (Fsp3) is 0.500. The van der Waals surface area contributed by atoms with Crippen LogP contribution in [0.3, 0.4) is 0 Å². The number of aryl methyl sites for hydroxylation is 1. The first-order valence-electron chi connectivity index (χ1n) is 5.62. The fourth-order valence-corrected chi connectivity index (χ4v) is 3.19. The van der Waals surface area contributed by atoms with E-state index < -0.39 is 10.0 Å². The number of benzene rings is 1. The van der Waals surface area contributed by atoms with Crippen molar-refractivity contribution in [3.05, 3.63) is 23.3 Å². The third-order valence-corrected chi connectivity index (χ3v) is 4.24. The predicted octanol–water partition coefficient (Wildman–Crippen LogP) is 2.68. The Kier molecular flexibility index (Phi) is 5.28. The largest absolute Gasteiger partial charge is 0.496 e. The quantitative estimate of drug-likeness (QED) is 0.820. The molecule has 0 unspecified atom stereocenters. The molecule has 0 bridgehead atoms. The van der Waals surface area contributed by atoms with E-state index in [4.69, 9.17) is 16.3 Å². The van der Waals surface area contributed by atoms with Gasteiger partial charge in [0.05, 0.1) is 18.6 Å². The SMILES string of the molecule is COc1c(C)ccc(NS(=O)(=O)CCCCl)c1C. The molecule has 0 radical (unpaired) electrons. The van der Waals surface area contributed by atoms with Crippen LogP contribution < -0.4 is 9.46 Å².